The lowest BCUT2D eigenvalue weighted by Gasteiger charge is -2.23. The molecule has 3 aromatic carbocycles. The molecule has 1 aliphatic rings. The molecule has 1 unspecified atom stereocenters. The van der Waals surface area contributed by atoms with Gasteiger partial charge in [0, 0.05) is 5.56 Å². The molecule has 7 nitrogen and oxygen atoms in total. The second kappa shape index (κ2) is 11.5. The highest BCUT2D eigenvalue weighted by Gasteiger charge is 2.48. The SMILES string of the molecule is CCOc1ccc2nc(N3C(=O)C(=O)C(=C(O)c4ccc(F)cc4)C3c3cccc(OCCC(C)C)c3)sc2c1. The Balaban J connectivity index is 1.64. The zero-order chi connectivity index (χ0) is 28.4. The first-order valence-electron chi connectivity index (χ1n) is 13.1. The number of rotatable bonds is 9. The van der Waals surface area contributed by atoms with Crippen LogP contribution in [0.3, 0.4) is 0 Å². The maximum absolute atomic E-state index is 13.6. The number of fused-ring (bicyclic) bond motifs is 1. The van der Waals surface area contributed by atoms with Gasteiger partial charge in [-0.15, -0.1) is 0 Å². The number of amides is 1. The van der Waals surface area contributed by atoms with E-state index in [1.54, 1.807) is 30.3 Å². The standard InChI is InChI=1S/C31H29FN2O5S/c1-4-38-23-12-13-24-25(17-23)40-31(33-24)34-27(20-6-5-7-22(16-20)39-15-14-18(2)3)26(29(36)30(34)37)28(35)19-8-10-21(32)11-9-19/h5-13,16-18,27,35H,4,14-15H2,1-3H3. The molecule has 0 radical (unpaired) electrons. The summed E-state index contributed by atoms with van der Waals surface area (Å²) in [5.74, 6) is -0.829. The van der Waals surface area contributed by atoms with E-state index in [-0.39, 0.29) is 11.1 Å². The van der Waals surface area contributed by atoms with Crippen molar-refractivity contribution in [2.45, 2.75) is 33.2 Å². The predicted molar refractivity (Wildman–Crippen MR) is 153 cm³/mol. The molecule has 9 heteroatoms. The van der Waals surface area contributed by atoms with Gasteiger partial charge >= 0.3 is 5.91 Å². The lowest BCUT2D eigenvalue weighted by atomic mass is 9.95. The molecule has 0 bridgehead atoms. The number of halogens is 1. The van der Waals surface area contributed by atoms with Crippen LogP contribution < -0.4 is 14.4 Å². The third-order valence-electron chi connectivity index (χ3n) is 6.57. The van der Waals surface area contributed by atoms with Crippen LogP contribution in [0.25, 0.3) is 16.0 Å². The lowest BCUT2D eigenvalue weighted by Crippen LogP contribution is -2.29. The molecule has 0 spiro atoms. The Morgan fingerprint density at radius 3 is 2.52 bits per heavy atom. The zero-order valence-corrected chi connectivity index (χ0v) is 23.2. The fraction of sp³-hybridized carbons (Fsp3) is 0.258. The van der Waals surface area contributed by atoms with Crippen LogP contribution in [0.15, 0.2) is 72.3 Å². The zero-order valence-electron chi connectivity index (χ0n) is 22.4. The van der Waals surface area contributed by atoms with Gasteiger partial charge in [-0.25, -0.2) is 9.37 Å². The number of ether oxygens (including phenoxy) is 2. The van der Waals surface area contributed by atoms with Crippen molar-refractivity contribution in [3.05, 3.63) is 89.2 Å². The Kier molecular flexibility index (Phi) is 7.84. The van der Waals surface area contributed by atoms with Crippen molar-refractivity contribution in [3.63, 3.8) is 0 Å². The number of aliphatic hydroxyl groups is 1. The van der Waals surface area contributed by atoms with Crippen LogP contribution in [0.4, 0.5) is 9.52 Å². The maximum atomic E-state index is 13.6. The van der Waals surface area contributed by atoms with Crippen LogP contribution in [0.5, 0.6) is 11.5 Å². The number of carbonyl (C=O) groups excluding carboxylic acids is 2. The van der Waals surface area contributed by atoms with E-state index in [1.807, 2.05) is 19.1 Å². The summed E-state index contributed by atoms with van der Waals surface area (Å²) in [5, 5.41) is 11.6. The molecule has 4 aromatic rings. The molecule has 206 valence electrons. The number of thiazole rings is 1. The Hall–Kier alpha value is -4.24. The van der Waals surface area contributed by atoms with E-state index in [4.69, 9.17) is 9.47 Å². The molecule has 2 heterocycles. The molecule has 1 aromatic heterocycles. The van der Waals surface area contributed by atoms with Gasteiger partial charge in [0.15, 0.2) is 5.13 Å². The number of aliphatic hydroxyl groups excluding tert-OH is 1. The van der Waals surface area contributed by atoms with Gasteiger partial charge in [0.05, 0.1) is 35.0 Å². The minimum absolute atomic E-state index is 0.106. The van der Waals surface area contributed by atoms with Crippen LogP contribution in [-0.4, -0.2) is 35.0 Å². The summed E-state index contributed by atoms with van der Waals surface area (Å²) in [6.45, 7) is 7.13. The summed E-state index contributed by atoms with van der Waals surface area (Å²) < 4.78 is 26.0. The van der Waals surface area contributed by atoms with Crippen molar-refractivity contribution in [2.75, 3.05) is 18.1 Å². The molecule has 5 rings (SSSR count). The normalized spacial score (nSPS) is 16.7. The summed E-state index contributed by atoms with van der Waals surface area (Å²) in [6.07, 6.45) is 0.864. The first-order valence-corrected chi connectivity index (χ1v) is 13.9. The average molecular weight is 561 g/mol. The third kappa shape index (κ3) is 5.42. The van der Waals surface area contributed by atoms with Crippen molar-refractivity contribution in [2.24, 2.45) is 5.92 Å². The summed E-state index contributed by atoms with van der Waals surface area (Å²) >= 11 is 1.25. The highest BCUT2D eigenvalue weighted by atomic mass is 32.1. The number of hydrogen-bond acceptors (Lipinski definition) is 7. The molecule has 1 atom stereocenters. The number of anilines is 1. The van der Waals surface area contributed by atoms with Gasteiger partial charge in [-0.3, -0.25) is 14.5 Å². The Morgan fingerprint density at radius 1 is 1.05 bits per heavy atom. The van der Waals surface area contributed by atoms with Crippen molar-refractivity contribution >= 4 is 44.1 Å². The monoisotopic (exact) mass is 560 g/mol. The number of aromatic nitrogens is 1. The summed E-state index contributed by atoms with van der Waals surface area (Å²) in [6, 6.07) is 16.7. The van der Waals surface area contributed by atoms with Gasteiger partial charge in [-0.05, 0) is 79.4 Å². The van der Waals surface area contributed by atoms with E-state index >= 15 is 0 Å². The van der Waals surface area contributed by atoms with Crippen LogP contribution in [-0.2, 0) is 9.59 Å². The topological polar surface area (TPSA) is 89.0 Å². The lowest BCUT2D eigenvalue weighted by molar-refractivity contribution is -0.132. The molecule has 1 saturated heterocycles. The minimum Gasteiger partial charge on any atom is -0.507 e. The molecule has 1 aliphatic heterocycles. The van der Waals surface area contributed by atoms with Crippen molar-refractivity contribution in [1.29, 1.82) is 0 Å². The number of nitrogens with zero attached hydrogens (tertiary/aromatic N) is 2. The van der Waals surface area contributed by atoms with Gasteiger partial charge in [0.2, 0.25) is 0 Å². The number of ketones is 1. The van der Waals surface area contributed by atoms with Crippen molar-refractivity contribution in [3.8, 4) is 11.5 Å². The Labute approximate surface area is 235 Å². The molecule has 1 N–H and O–H groups in total. The largest absolute Gasteiger partial charge is 0.507 e. The van der Waals surface area contributed by atoms with Crippen LogP contribution in [0, 0.1) is 11.7 Å². The first-order chi connectivity index (χ1) is 19.3. The van der Waals surface area contributed by atoms with Gasteiger partial charge < -0.3 is 14.6 Å². The van der Waals surface area contributed by atoms with Crippen molar-refractivity contribution in [1.82, 2.24) is 4.98 Å². The summed E-state index contributed by atoms with van der Waals surface area (Å²) in [5.41, 5.74) is 1.33. The molecular formula is C31H29FN2O5S. The minimum atomic E-state index is -0.981. The van der Waals surface area contributed by atoms with E-state index in [0.717, 1.165) is 11.1 Å². The van der Waals surface area contributed by atoms with E-state index in [1.165, 1.54) is 40.5 Å². The maximum Gasteiger partial charge on any atom is 0.301 e. The van der Waals surface area contributed by atoms with Gasteiger partial charge in [0.1, 0.15) is 23.1 Å². The highest BCUT2D eigenvalue weighted by Crippen LogP contribution is 2.45. The van der Waals surface area contributed by atoms with E-state index < -0.39 is 29.3 Å². The summed E-state index contributed by atoms with van der Waals surface area (Å²) in [4.78, 5) is 33.0. The van der Waals surface area contributed by atoms with E-state index in [2.05, 4.69) is 18.8 Å². The first kappa shape index (κ1) is 27.3. The smallest absolute Gasteiger partial charge is 0.301 e. The molecule has 40 heavy (non-hydrogen) atoms. The number of hydrogen-bond donors (Lipinski definition) is 1. The fourth-order valence-electron chi connectivity index (χ4n) is 4.55. The quantitative estimate of drug-likeness (QED) is 0.136. The molecule has 1 amide bonds. The van der Waals surface area contributed by atoms with Gasteiger partial charge in [-0.2, -0.15) is 0 Å². The highest BCUT2D eigenvalue weighted by molar-refractivity contribution is 7.22. The Bertz CT molecular complexity index is 1600. The third-order valence-corrected chi connectivity index (χ3v) is 7.58. The second-order valence-electron chi connectivity index (χ2n) is 9.84. The predicted octanol–water partition coefficient (Wildman–Crippen LogP) is 6.89. The number of carbonyl (C=O) groups is 2. The van der Waals surface area contributed by atoms with Crippen LogP contribution >= 0.6 is 11.3 Å². The molecule has 1 fully saturated rings. The summed E-state index contributed by atoms with van der Waals surface area (Å²) in [7, 11) is 0. The fourth-order valence-corrected chi connectivity index (χ4v) is 5.57. The number of Topliss-reactive ketones (excluding diaryl/α,β-unsaturated/α-hetero) is 1. The van der Waals surface area contributed by atoms with Crippen molar-refractivity contribution < 1.29 is 28.6 Å². The Morgan fingerprint density at radius 2 is 1.80 bits per heavy atom. The average Bonchev–Trinajstić information content (AvgIpc) is 3.46. The van der Waals surface area contributed by atoms with E-state index in [9.17, 15) is 19.1 Å². The van der Waals surface area contributed by atoms with Gasteiger partial charge in [0.25, 0.3) is 5.78 Å². The van der Waals surface area contributed by atoms with Crippen LogP contribution in [0.2, 0.25) is 0 Å². The molecule has 0 saturated carbocycles. The van der Waals surface area contributed by atoms with Crippen LogP contribution in [0.1, 0.15) is 44.4 Å². The molecular weight excluding hydrogens is 531 g/mol. The second-order valence-corrected chi connectivity index (χ2v) is 10.8. The number of benzene rings is 3. The van der Waals surface area contributed by atoms with E-state index in [0.29, 0.717) is 46.8 Å². The van der Waals surface area contributed by atoms with Gasteiger partial charge in [-0.1, -0.05) is 37.3 Å². The molecule has 0 aliphatic carbocycles.